The molecule has 9 nitrogen and oxygen atoms in total. The predicted molar refractivity (Wildman–Crippen MR) is 251 cm³/mol. The van der Waals surface area contributed by atoms with Crippen LogP contribution in [0.1, 0.15) is 181 Å². The summed E-state index contributed by atoms with van der Waals surface area (Å²) in [6, 6.07) is 0.332. The Bertz CT molecular complexity index is 709. The fourth-order valence-corrected chi connectivity index (χ4v) is 5.12. The van der Waals surface area contributed by atoms with Gasteiger partial charge in [0.1, 0.15) is 0 Å². The van der Waals surface area contributed by atoms with E-state index in [0.717, 1.165) is 84.7 Å². The van der Waals surface area contributed by atoms with Crippen LogP contribution in [0.15, 0.2) is 24.9 Å². The highest BCUT2D eigenvalue weighted by atomic mass is 16.3. The molecule has 5 atom stereocenters. The van der Waals surface area contributed by atoms with Crippen molar-refractivity contribution in [3.8, 4) is 0 Å². The van der Waals surface area contributed by atoms with E-state index in [0.29, 0.717) is 6.04 Å². The molecule has 5 N–H and O–H groups in total. The molecule has 0 aromatic heterocycles. The maximum absolute atomic E-state index is 9.28. The monoisotopic (exact) mass is 807 g/mol. The number of allylic oxidation sites excluding steroid dienone is 1. The molecule has 0 aliphatic rings. The van der Waals surface area contributed by atoms with Gasteiger partial charge in [0, 0.05) is 38.8 Å². The third kappa shape index (κ3) is 59.6. The Morgan fingerprint density at radius 3 is 1.20 bits per heavy atom. The molecule has 0 fully saturated rings. The zero-order valence-corrected chi connectivity index (χ0v) is 39.3. The third-order valence-electron chi connectivity index (χ3n) is 8.55. The molecule has 0 saturated carbocycles. The average molecular weight is 807 g/mol. The summed E-state index contributed by atoms with van der Waals surface area (Å²) in [6.45, 7) is 40.4. The summed E-state index contributed by atoms with van der Waals surface area (Å²) < 4.78 is 0. The molecule has 0 aromatic carbocycles. The second-order valence-electron chi connectivity index (χ2n) is 15.3. The van der Waals surface area contributed by atoms with Crippen molar-refractivity contribution in [1.82, 2.24) is 19.6 Å². The molecular weight excluding hydrogens is 701 g/mol. The summed E-state index contributed by atoms with van der Waals surface area (Å²) in [6.07, 6.45) is 20.7. The minimum atomic E-state index is -0.238. The van der Waals surface area contributed by atoms with E-state index in [-0.39, 0.29) is 38.4 Å². The van der Waals surface area contributed by atoms with E-state index < -0.39 is 0 Å². The molecule has 0 aliphatic heterocycles. The molecule has 56 heavy (non-hydrogen) atoms. The number of rotatable bonds is 30. The molecule has 0 spiro atoms. The van der Waals surface area contributed by atoms with E-state index >= 15 is 0 Å². The second kappa shape index (κ2) is 54.0. The average Bonchev–Trinajstić information content (AvgIpc) is 3.14. The number of nitrogens with zero attached hydrogens (tertiary/aromatic N) is 4. The van der Waals surface area contributed by atoms with Crippen LogP contribution >= 0.6 is 0 Å². The summed E-state index contributed by atoms with van der Waals surface area (Å²) in [5.74, 6) is 0. The zero-order valence-electron chi connectivity index (χ0n) is 39.3. The van der Waals surface area contributed by atoms with Crippen LogP contribution in [-0.4, -0.2) is 148 Å². The van der Waals surface area contributed by atoms with Crippen molar-refractivity contribution in [1.29, 1.82) is 0 Å². The largest absolute Gasteiger partial charge is 0.395 e. The smallest absolute Gasteiger partial charge is 0.0686 e. The summed E-state index contributed by atoms with van der Waals surface area (Å²) >= 11 is 0. The van der Waals surface area contributed by atoms with Gasteiger partial charge in [-0.3, -0.25) is 9.80 Å². The number of hydrogen-bond donors (Lipinski definition) is 5. The fraction of sp³-hybridized carbons (Fsp3) is 0.915. The van der Waals surface area contributed by atoms with E-state index in [9.17, 15) is 15.3 Å². The van der Waals surface area contributed by atoms with E-state index in [2.05, 4.69) is 93.8 Å². The highest BCUT2D eigenvalue weighted by Gasteiger charge is 2.11. The standard InChI is InChI=1S/2C11H25NO.2C10H21NO.C4H10O.CH4/c1-4-6-8-12(9-7-5-2)11(3)10-13;1-4-6-8-12(9-7-5-2)10-11(3)13;2*1-4-6-8-11(7-5-2)9-10(3)12;1-3-4(2)5;/h2*11,13H,4-10H2,1-3H3;6,8,10,12H,4-5,7,9H2,1-3H3;5,10,12H,2,4,6-9H2,1,3H3;4-5H,3H2,1-2H3;1H4/b;;8-6+;;;. The maximum atomic E-state index is 9.28. The van der Waals surface area contributed by atoms with E-state index in [4.69, 9.17) is 10.2 Å². The van der Waals surface area contributed by atoms with Gasteiger partial charge in [0.2, 0.25) is 0 Å². The van der Waals surface area contributed by atoms with Crippen LogP contribution in [0.5, 0.6) is 0 Å². The molecule has 0 bridgehead atoms. The molecule has 0 aromatic rings. The number of hydrogen-bond acceptors (Lipinski definition) is 9. The highest BCUT2D eigenvalue weighted by Crippen LogP contribution is 2.04. The lowest BCUT2D eigenvalue weighted by Crippen LogP contribution is -2.37. The molecule has 0 amide bonds. The van der Waals surface area contributed by atoms with Crippen molar-refractivity contribution in [2.45, 2.75) is 211 Å². The Morgan fingerprint density at radius 2 is 0.893 bits per heavy atom. The van der Waals surface area contributed by atoms with Crippen molar-refractivity contribution >= 4 is 0 Å². The SMILES string of the molecule is C.C=CCN(CCCC)CC(C)O.CC/C=C/N(CCC)CC(C)O.CCC(C)O.CCCCN(CCCC)C(C)CO.CCCCN(CCCC)CC(C)O. The van der Waals surface area contributed by atoms with Gasteiger partial charge < -0.3 is 35.3 Å². The van der Waals surface area contributed by atoms with E-state index in [1.165, 1.54) is 64.2 Å². The van der Waals surface area contributed by atoms with Crippen molar-refractivity contribution in [3.05, 3.63) is 24.9 Å². The van der Waals surface area contributed by atoms with Gasteiger partial charge in [-0.25, -0.2) is 0 Å². The minimum Gasteiger partial charge on any atom is -0.395 e. The topological polar surface area (TPSA) is 114 Å². The minimum absolute atomic E-state index is 0. The highest BCUT2D eigenvalue weighted by molar-refractivity contribution is 4.82. The molecule has 0 heterocycles. The molecular formula is C47H106N4O5. The Labute approximate surface area is 352 Å². The predicted octanol–water partition coefficient (Wildman–Crippen LogP) is 9.61. The number of aliphatic hydroxyl groups excluding tert-OH is 5. The first-order valence-corrected chi connectivity index (χ1v) is 22.7. The zero-order chi connectivity index (χ0) is 43.3. The number of aliphatic hydroxyl groups is 5. The van der Waals surface area contributed by atoms with Crippen LogP contribution in [0.25, 0.3) is 0 Å². The molecule has 5 unspecified atom stereocenters. The molecule has 0 aliphatic carbocycles. The summed E-state index contributed by atoms with van der Waals surface area (Å²) in [4.78, 5) is 9.15. The lowest BCUT2D eigenvalue weighted by Gasteiger charge is -2.27. The van der Waals surface area contributed by atoms with Gasteiger partial charge in [-0.2, -0.15) is 0 Å². The lowest BCUT2D eigenvalue weighted by molar-refractivity contribution is 0.124. The van der Waals surface area contributed by atoms with Crippen LogP contribution in [0, 0.1) is 0 Å². The summed E-state index contributed by atoms with van der Waals surface area (Å²) in [5.41, 5.74) is 0. The summed E-state index contributed by atoms with van der Waals surface area (Å²) in [5, 5.41) is 45.0. The first-order valence-electron chi connectivity index (χ1n) is 22.7. The van der Waals surface area contributed by atoms with Crippen molar-refractivity contribution < 1.29 is 25.5 Å². The van der Waals surface area contributed by atoms with Gasteiger partial charge in [-0.15, -0.1) is 6.58 Å². The molecule has 9 heteroatoms. The lowest BCUT2D eigenvalue weighted by atomic mass is 10.2. The van der Waals surface area contributed by atoms with Crippen LogP contribution in [0.3, 0.4) is 0 Å². The fourth-order valence-electron chi connectivity index (χ4n) is 5.12. The Balaban J connectivity index is -0.000000142. The van der Waals surface area contributed by atoms with Gasteiger partial charge in [-0.05, 0) is 125 Å². The van der Waals surface area contributed by atoms with Gasteiger partial charge in [-0.1, -0.05) is 107 Å². The van der Waals surface area contributed by atoms with Crippen molar-refractivity contribution in [3.63, 3.8) is 0 Å². The van der Waals surface area contributed by atoms with E-state index in [1.54, 1.807) is 6.92 Å². The van der Waals surface area contributed by atoms with Crippen molar-refractivity contribution in [2.75, 3.05) is 72.1 Å². The first-order chi connectivity index (χ1) is 26.1. The quantitative estimate of drug-likeness (QED) is 0.0453. The Kier molecular flexibility index (Phi) is 64.3. The maximum Gasteiger partial charge on any atom is 0.0686 e. The van der Waals surface area contributed by atoms with Gasteiger partial charge in [0.05, 0.1) is 31.0 Å². The van der Waals surface area contributed by atoms with Gasteiger partial charge in [0.15, 0.2) is 0 Å². The van der Waals surface area contributed by atoms with E-state index in [1.807, 2.05) is 33.8 Å². The Hall–Kier alpha value is -1.04. The molecule has 0 radical (unpaired) electrons. The first kappa shape index (κ1) is 66.8. The number of unbranched alkanes of at least 4 members (excludes halogenated alkanes) is 5. The van der Waals surface area contributed by atoms with Gasteiger partial charge >= 0.3 is 0 Å². The third-order valence-corrected chi connectivity index (χ3v) is 8.55. The Morgan fingerprint density at radius 1 is 0.518 bits per heavy atom. The molecule has 0 saturated heterocycles. The van der Waals surface area contributed by atoms with Gasteiger partial charge in [0.25, 0.3) is 0 Å². The molecule has 344 valence electrons. The van der Waals surface area contributed by atoms with Crippen molar-refractivity contribution in [2.24, 2.45) is 0 Å². The van der Waals surface area contributed by atoms with Crippen LogP contribution in [0.2, 0.25) is 0 Å². The normalized spacial score (nSPS) is 13.4. The van der Waals surface area contributed by atoms with Crippen LogP contribution in [-0.2, 0) is 0 Å². The molecule has 0 rings (SSSR count). The van der Waals surface area contributed by atoms with Crippen LogP contribution in [0.4, 0.5) is 0 Å². The second-order valence-corrected chi connectivity index (χ2v) is 15.3. The van der Waals surface area contributed by atoms with Crippen LogP contribution < -0.4 is 0 Å². The summed E-state index contributed by atoms with van der Waals surface area (Å²) in [7, 11) is 0.